The second-order valence-electron chi connectivity index (χ2n) is 4.94. The fourth-order valence-corrected chi connectivity index (χ4v) is 4.44. The third-order valence-corrected chi connectivity index (χ3v) is 5.80. The van der Waals surface area contributed by atoms with E-state index >= 15 is 0 Å². The standard InChI is InChI=1S/C10H16ClN3O2S/c1-10(2)5-4-6-14(10)17(15,16)9-8(11)13(3)7-12-9/h7H,4-6H2,1-3H3. The van der Waals surface area contributed by atoms with Crippen LogP contribution in [0.1, 0.15) is 26.7 Å². The lowest BCUT2D eigenvalue weighted by Gasteiger charge is -2.29. The van der Waals surface area contributed by atoms with Gasteiger partial charge < -0.3 is 4.57 Å². The summed E-state index contributed by atoms with van der Waals surface area (Å²) in [6.07, 6.45) is 3.14. The van der Waals surface area contributed by atoms with Gasteiger partial charge in [-0.1, -0.05) is 11.6 Å². The van der Waals surface area contributed by atoms with Crippen molar-refractivity contribution in [3.05, 3.63) is 11.5 Å². The average Bonchev–Trinajstić information content (AvgIpc) is 2.72. The summed E-state index contributed by atoms with van der Waals surface area (Å²) in [4.78, 5) is 3.90. The second-order valence-corrected chi connectivity index (χ2v) is 7.08. The van der Waals surface area contributed by atoms with Crippen molar-refractivity contribution in [3.8, 4) is 0 Å². The molecule has 0 spiro atoms. The fraction of sp³-hybridized carbons (Fsp3) is 0.700. The van der Waals surface area contributed by atoms with Crippen molar-refractivity contribution in [2.24, 2.45) is 7.05 Å². The molecule has 1 aromatic heterocycles. The van der Waals surface area contributed by atoms with E-state index in [0.29, 0.717) is 6.54 Å². The molecule has 0 radical (unpaired) electrons. The van der Waals surface area contributed by atoms with Gasteiger partial charge in [-0.25, -0.2) is 13.4 Å². The van der Waals surface area contributed by atoms with Crippen LogP contribution in [0, 0.1) is 0 Å². The zero-order valence-electron chi connectivity index (χ0n) is 10.1. The average molecular weight is 278 g/mol. The van der Waals surface area contributed by atoms with Crippen molar-refractivity contribution >= 4 is 21.6 Å². The lowest BCUT2D eigenvalue weighted by molar-refractivity contribution is 0.291. The number of hydrogen-bond donors (Lipinski definition) is 0. The van der Waals surface area contributed by atoms with Crippen LogP contribution in [0.15, 0.2) is 11.4 Å². The molecule has 0 aliphatic carbocycles. The van der Waals surface area contributed by atoms with E-state index in [1.54, 1.807) is 7.05 Å². The van der Waals surface area contributed by atoms with Crippen LogP contribution in [0.3, 0.4) is 0 Å². The largest absolute Gasteiger partial charge is 0.324 e. The molecule has 1 aliphatic heterocycles. The van der Waals surface area contributed by atoms with E-state index in [9.17, 15) is 8.42 Å². The van der Waals surface area contributed by atoms with Gasteiger partial charge in [0.25, 0.3) is 10.0 Å². The van der Waals surface area contributed by atoms with Crippen molar-refractivity contribution in [2.75, 3.05) is 6.54 Å². The van der Waals surface area contributed by atoms with E-state index in [1.807, 2.05) is 13.8 Å². The van der Waals surface area contributed by atoms with Crippen LogP contribution in [0.25, 0.3) is 0 Å². The first-order chi connectivity index (χ1) is 7.77. The lowest BCUT2D eigenvalue weighted by atomic mass is 10.0. The maximum atomic E-state index is 12.4. The number of aromatic nitrogens is 2. The molecule has 0 bridgehead atoms. The van der Waals surface area contributed by atoms with Crippen LogP contribution in [-0.4, -0.2) is 34.4 Å². The van der Waals surface area contributed by atoms with Crippen LogP contribution in [0.4, 0.5) is 0 Å². The van der Waals surface area contributed by atoms with Gasteiger partial charge in [-0.05, 0) is 26.7 Å². The number of aryl methyl sites for hydroxylation is 1. The van der Waals surface area contributed by atoms with Crippen molar-refractivity contribution in [1.29, 1.82) is 0 Å². The maximum absolute atomic E-state index is 12.4. The Morgan fingerprint density at radius 2 is 2.12 bits per heavy atom. The number of nitrogens with zero attached hydrogens (tertiary/aromatic N) is 3. The van der Waals surface area contributed by atoms with Gasteiger partial charge >= 0.3 is 0 Å². The molecule has 0 N–H and O–H groups in total. The van der Waals surface area contributed by atoms with E-state index in [1.165, 1.54) is 15.2 Å². The molecule has 2 heterocycles. The van der Waals surface area contributed by atoms with Crippen LogP contribution >= 0.6 is 11.6 Å². The van der Waals surface area contributed by atoms with Gasteiger partial charge in [0.1, 0.15) is 5.15 Å². The summed E-state index contributed by atoms with van der Waals surface area (Å²) in [5.41, 5.74) is -0.361. The van der Waals surface area contributed by atoms with E-state index in [-0.39, 0.29) is 15.7 Å². The normalized spacial score (nSPS) is 20.9. The molecule has 96 valence electrons. The zero-order valence-corrected chi connectivity index (χ0v) is 11.7. The van der Waals surface area contributed by atoms with Crippen molar-refractivity contribution in [3.63, 3.8) is 0 Å². The molecule has 1 saturated heterocycles. The SMILES string of the molecule is Cn1cnc(S(=O)(=O)N2CCCC2(C)C)c1Cl. The molecule has 5 nitrogen and oxygen atoms in total. The van der Waals surface area contributed by atoms with Crippen LogP contribution in [0.2, 0.25) is 5.15 Å². The molecule has 0 saturated carbocycles. The first kappa shape index (κ1) is 12.9. The summed E-state index contributed by atoms with van der Waals surface area (Å²) in [5.74, 6) is 0. The van der Waals surface area contributed by atoms with E-state index in [2.05, 4.69) is 4.98 Å². The highest BCUT2D eigenvalue weighted by molar-refractivity contribution is 7.89. The summed E-state index contributed by atoms with van der Waals surface area (Å²) in [5, 5.41) is 0.115. The molecule has 2 rings (SSSR count). The Kier molecular flexibility index (Phi) is 3.00. The molecule has 1 aromatic rings. The van der Waals surface area contributed by atoms with Gasteiger partial charge in [-0.15, -0.1) is 0 Å². The van der Waals surface area contributed by atoms with Gasteiger partial charge in [0.05, 0.1) is 6.33 Å². The van der Waals surface area contributed by atoms with E-state index < -0.39 is 10.0 Å². The predicted molar refractivity (Wildman–Crippen MR) is 65.4 cm³/mol. The Hall–Kier alpha value is -0.590. The topological polar surface area (TPSA) is 55.2 Å². The Bertz CT molecular complexity index is 536. The Morgan fingerprint density at radius 1 is 1.47 bits per heavy atom. The molecule has 0 unspecified atom stereocenters. The third kappa shape index (κ3) is 1.98. The van der Waals surface area contributed by atoms with Crippen molar-refractivity contribution in [2.45, 2.75) is 37.3 Å². The molecule has 0 amide bonds. The fourth-order valence-electron chi connectivity index (χ4n) is 2.20. The van der Waals surface area contributed by atoms with E-state index in [0.717, 1.165) is 12.8 Å². The lowest BCUT2D eigenvalue weighted by Crippen LogP contribution is -2.42. The highest BCUT2D eigenvalue weighted by Crippen LogP contribution is 2.35. The highest BCUT2D eigenvalue weighted by atomic mass is 35.5. The predicted octanol–water partition coefficient (Wildman–Crippen LogP) is 1.64. The van der Waals surface area contributed by atoms with Gasteiger partial charge in [0.15, 0.2) is 0 Å². The first-order valence-corrected chi connectivity index (χ1v) is 7.28. The maximum Gasteiger partial charge on any atom is 0.264 e. The molecule has 1 fully saturated rings. The Morgan fingerprint density at radius 3 is 2.53 bits per heavy atom. The smallest absolute Gasteiger partial charge is 0.264 e. The van der Waals surface area contributed by atoms with E-state index in [4.69, 9.17) is 11.6 Å². The molecule has 0 atom stereocenters. The van der Waals surface area contributed by atoms with Gasteiger partial charge in [0.2, 0.25) is 5.03 Å². The summed E-state index contributed by atoms with van der Waals surface area (Å²) in [6.45, 7) is 4.38. The van der Waals surface area contributed by atoms with Gasteiger partial charge in [0, 0.05) is 19.1 Å². The monoisotopic (exact) mass is 277 g/mol. The zero-order chi connectivity index (χ0) is 12.8. The molecule has 1 aliphatic rings. The number of sulfonamides is 1. The minimum Gasteiger partial charge on any atom is -0.324 e. The number of rotatable bonds is 2. The quantitative estimate of drug-likeness (QED) is 0.826. The summed E-state index contributed by atoms with van der Waals surface area (Å²) < 4.78 is 27.9. The highest BCUT2D eigenvalue weighted by Gasteiger charge is 2.42. The molecular weight excluding hydrogens is 262 g/mol. The summed E-state index contributed by atoms with van der Waals surface area (Å²) >= 11 is 5.96. The minimum absolute atomic E-state index is 0.0448. The van der Waals surface area contributed by atoms with Crippen molar-refractivity contribution < 1.29 is 8.42 Å². The molecule has 7 heteroatoms. The number of hydrogen-bond acceptors (Lipinski definition) is 3. The molecule has 17 heavy (non-hydrogen) atoms. The number of halogens is 1. The van der Waals surface area contributed by atoms with Crippen molar-refractivity contribution in [1.82, 2.24) is 13.9 Å². The van der Waals surface area contributed by atoms with Gasteiger partial charge in [-0.3, -0.25) is 0 Å². The number of imidazole rings is 1. The first-order valence-electron chi connectivity index (χ1n) is 5.46. The summed E-state index contributed by atoms with van der Waals surface area (Å²) in [6, 6.07) is 0. The third-order valence-electron chi connectivity index (χ3n) is 3.19. The minimum atomic E-state index is -3.59. The summed E-state index contributed by atoms with van der Waals surface area (Å²) in [7, 11) is -1.92. The molecule has 0 aromatic carbocycles. The molecular formula is C10H16ClN3O2S. The van der Waals surface area contributed by atoms with Crippen LogP contribution < -0.4 is 0 Å². The second kappa shape index (κ2) is 3.96. The Balaban J connectivity index is 2.48. The Labute approximate surface area is 106 Å². The van der Waals surface area contributed by atoms with Gasteiger partial charge in [-0.2, -0.15) is 4.31 Å². The van der Waals surface area contributed by atoms with Crippen LogP contribution in [-0.2, 0) is 17.1 Å². The van der Waals surface area contributed by atoms with Crippen LogP contribution in [0.5, 0.6) is 0 Å².